The second kappa shape index (κ2) is 7.30. The van der Waals surface area contributed by atoms with E-state index in [9.17, 15) is 5.11 Å². The van der Waals surface area contributed by atoms with E-state index >= 15 is 0 Å². The average Bonchev–Trinajstić information content (AvgIpc) is 3.34. The summed E-state index contributed by atoms with van der Waals surface area (Å²) in [5, 5.41) is 15.1. The molecule has 0 radical (unpaired) electrons. The number of nitrogens with one attached hydrogen (secondary N) is 1. The lowest BCUT2D eigenvalue weighted by Crippen LogP contribution is -2.13. The fourth-order valence-corrected chi connectivity index (χ4v) is 5.00. The summed E-state index contributed by atoms with van der Waals surface area (Å²) < 4.78 is 0. The number of hydrogen-bond donors (Lipinski definition) is 2. The maximum absolute atomic E-state index is 10.6. The second-order valence-electron chi connectivity index (χ2n) is 6.98. The van der Waals surface area contributed by atoms with Crippen LogP contribution in [0.2, 0.25) is 0 Å². The second-order valence-corrected chi connectivity index (χ2v) is 8.07. The number of anilines is 1. The Morgan fingerprint density at radius 3 is 2.79 bits per heavy atom. The van der Waals surface area contributed by atoms with Gasteiger partial charge in [-0.15, -0.1) is 11.3 Å². The number of aromatic nitrogens is 3. The number of nitrogens with zero attached hydrogens (tertiary/aromatic N) is 3. The Morgan fingerprint density at radius 2 is 1.96 bits per heavy atom. The van der Waals surface area contributed by atoms with E-state index in [1.807, 2.05) is 42.5 Å². The van der Waals surface area contributed by atoms with Crippen LogP contribution in [0, 0.1) is 0 Å². The third kappa shape index (κ3) is 3.15. The van der Waals surface area contributed by atoms with E-state index in [2.05, 4.69) is 10.3 Å². The van der Waals surface area contributed by atoms with E-state index in [0.29, 0.717) is 12.4 Å². The van der Waals surface area contributed by atoms with Crippen LogP contribution >= 0.6 is 11.3 Å². The zero-order chi connectivity index (χ0) is 18.9. The summed E-state index contributed by atoms with van der Waals surface area (Å²) in [5.74, 6) is 1.47. The van der Waals surface area contributed by atoms with Crippen molar-refractivity contribution in [2.45, 2.75) is 25.4 Å². The van der Waals surface area contributed by atoms with Crippen molar-refractivity contribution in [3.8, 4) is 11.4 Å². The number of aryl methyl sites for hydroxylation is 2. The van der Waals surface area contributed by atoms with Gasteiger partial charge in [-0.2, -0.15) is 0 Å². The molecule has 1 aromatic carbocycles. The summed E-state index contributed by atoms with van der Waals surface area (Å²) in [6.45, 7) is 0.396. The number of fused-ring (bicyclic) bond motifs is 3. The molecule has 1 atom stereocenters. The topological polar surface area (TPSA) is 70.9 Å². The molecule has 0 spiro atoms. The number of benzene rings is 1. The molecule has 2 N–H and O–H groups in total. The highest BCUT2D eigenvalue weighted by atomic mass is 32.1. The van der Waals surface area contributed by atoms with Gasteiger partial charge in [-0.05, 0) is 42.5 Å². The zero-order valence-electron chi connectivity index (χ0n) is 15.3. The molecular formula is C22H20N4OS. The van der Waals surface area contributed by atoms with Gasteiger partial charge in [-0.3, -0.25) is 4.98 Å². The van der Waals surface area contributed by atoms with Gasteiger partial charge >= 0.3 is 0 Å². The van der Waals surface area contributed by atoms with Gasteiger partial charge in [-0.1, -0.05) is 30.3 Å². The van der Waals surface area contributed by atoms with Crippen molar-refractivity contribution in [1.29, 1.82) is 0 Å². The van der Waals surface area contributed by atoms with Gasteiger partial charge < -0.3 is 10.4 Å². The smallest absolute Gasteiger partial charge is 0.164 e. The van der Waals surface area contributed by atoms with Gasteiger partial charge in [0, 0.05) is 29.4 Å². The zero-order valence-corrected chi connectivity index (χ0v) is 16.1. The van der Waals surface area contributed by atoms with Gasteiger partial charge in [0.1, 0.15) is 10.6 Å². The summed E-state index contributed by atoms with van der Waals surface area (Å²) in [6.07, 6.45) is 6.31. The lowest BCUT2D eigenvalue weighted by molar-refractivity contribution is 0.191. The largest absolute Gasteiger partial charge is 0.387 e. The molecule has 140 valence electrons. The fourth-order valence-electron chi connectivity index (χ4n) is 3.73. The summed E-state index contributed by atoms with van der Waals surface area (Å²) in [6, 6.07) is 13.6. The third-order valence-corrected chi connectivity index (χ3v) is 6.32. The molecule has 6 heteroatoms. The molecule has 5 rings (SSSR count). The number of rotatable bonds is 5. The quantitative estimate of drug-likeness (QED) is 0.531. The molecule has 5 nitrogen and oxygen atoms in total. The first-order valence-electron chi connectivity index (χ1n) is 9.49. The van der Waals surface area contributed by atoms with Crippen LogP contribution in [0.5, 0.6) is 0 Å². The van der Waals surface area contributed by atoms with Crippen molar-refractivity contribution in [2.24, 2.45) is 0 Å². The lowest BCUT2D eigenvalue weighted by atomic mass is 10.1. The molecule has 0 saturated heterocycles. The predicted molar refractivity (Wildman–Crippen MR) is 113 cm³/mol. The van der Waals surface area contributed by atoms with E-state index < -0.39 is 6.10 Å². The molecule has 0 unspecified atom stereocenters. The van der Waals surface area contributed by atoms with Gasteiger partial charge in [0.05, 0.1) is 11.5 Å². The van der Waals surface area contributed by atoms with E-state index in [4.69, 9.17) is 9.97 Å². The predicted octanol–water partition coefficient (Wildman–Crippen LogP) is 4.39. The highest BCUT2D eigenvalue weighted by molar-refractivity contribution is 7.19. The molecule has 3 aromatic heterocycles. The summed E-state index contributed by atoms with van der Waals surface area (Å²) in [5.41, 5.74) is 3.15. The molecular weight excluding hydrogens is 368 g/mol. The monoisotopic (exact) mass is 388 g/mol. The number of hydrogen-bond acceptors (Lipinski definition) is 6. The lowest BCUT2D eigenvalue weighted by Gasteiger charge is -2.14. The highest BCUT2D eigenvalue weighted by Crippen LogP contribution is 2.40. The fraction of sp³-hybridized carbons (Fsp3) is 0.227. The summed E-state index contributed by atoms with van der Waals surface area (Å²) >= 11 is 1.77. The maximum atomic E-state index is 10.6. The van der Waals surface area contributed by atoms with Crippen molar-refractivity contribution in [1.82, 2.24) is 15.0 Å². The standard InChI is InChI=1S/C22H20N4OS/c27-17(14-6-2-1-3-7-14)13-24-21-19-16-9-4-10-18(16)28-22(19)26-20(25-21)15-8-5-11-23-12-15/h1-3,5-8,11-12,17,27H,4,9-10,13H2,(H,24,25,26)/t17-/m1/s1. The summed E-state index contributed by atoms with van der Waals surface area (Å²) in [7, 11) is 0. The van der Waals surface area contributed by atoms with Crippen molar-refractivity contribution in [2.75, 3.05) is 11.9 Å². The van der Waals surface area contributed by atoms with Crippen LogP contribution in [0.25, 0.3) is 21.6 Å². The van der Waals surface area contributed by atoms with Crippen LogP contribution in [0.4, 0.5) is 5.82 Å². The molecule has 0 saturated carbocycles. The van der Waals surface area contributed by atoms with E-state index in [1.165, 1.54) is 16.9 Å². The van der Waals surface area contributed by atoms with Gasteiger partial charge in [0.25, 0.3) is 0 Å². The van der Waals surface area contributed by atoms with Crippen LogP contribution in [0.15, 0.2) is 54.9 Å². The van der Waals surface area contributed by atoms with Crippen molar-refractivity contribution >= 4 is 27.4 Å². The molecule has 4 aromatic rings. The normalized spacial score (nSPS) is 14.2. The van der Waals surface area contributed by atoms with Crippen molar-refractivity contribution in [3.63, 3.8) is 0 Å². The number of pyridine rings is 1. The van der Waals surface area contributed by atoms with Gasteiger partial charge in [0.2, 0.25) is 0 Å². The number of aliphatic hydroxyl groups excluding tert-OH is 1. The molecule has 1 aliphatic carbocycles. The van der Waals surface area contributed by atoms with Crippen molar-refractivity contribution < 1.29 is 5.11 Å². The Labute approximate surface area is 167 Å². The van der Waals surface area contributed by atoms with Crippen molar-refractivity contribution in [3.05, 3.63) is 70.9 Å². The highest BCUT2D eigenvalue weighted by Gasteiger charge is 2.23. The Balaban J connectivity index is 1.54. The minimum Gasteiger partial charge on any atom is -0.387 e. The SMILES string of the molecule is O[C@H](CNc1nc(-c2cccnc2)nc2sc3c(c12)CCC3)c1ccccc1. The number of aliphatic hydroxyl groups is 1. The first-order valence-corrected chi connectivity index (χ1v) is 10.3. The molecule has 28 heavy (non-hydrogen) atoms. The van der Waals surface area contributed by atoms with Crippen LogP contribution < -0.4 is 5.32 Å². The Bertz CT molecular complexity index is 1110. The molecule has 0 bridgehead atoms. The van der Waals surface area contributed by atoms with Crippen LogP contribution in [-0.4, -0.2) is 26.6 Å². The van der Waals surface area contributed by atoms with E-state index in [0.717, 1.165) is 40.0 Å². The summed E-state index contributed by atoms with van der Waals surface area (Å²) in [4.78, 5) is 16.3. The molecule has 0 fully saturated rings. The maximum Gasteiger partial charge on any atom is 0.164 e. The van der Waals surface area contributed by atoms with Crippen LogP contribution in [0.3, 0.4) is 0 Å². The number of thiophene rings is 1. The first kappa shape index (κ1) is 17.3. The van der Waals surface area contributed by atoms with Crippen LogP contribution in [-0.2, 0) is 12.8 Å². The Kier molecular flexibility index (Phi) is 4.50. The minimum absolute atomic E-state index is 0.396. The van der Waals surface area contributed by atoms with E-state index in [1.54, 1.807) is 23.7 Å². The Morgan fingerprint density at radius 1 is 1.07 bits per heavy atom. The average molecular weight is 388 g/mol. The Hall–Kier alpha value is -2.83. The minimum atomic E-state index is -0.597. The van der Waals surface area contributed by atoms with E-state index in [-0.39, 0.29) is 0 Å². The molecule has 0 aliphatic heterocycles. The van der Waals surface area contributed by atoms with Crippen LogP contribution in [0.1, 0.15) is 28.5 Å². The first-order chi connectivity index (χ1) is 13.8. The van der Waals surface area contributed by atoms with Gasteiger partial charge in [-0.25, -0.2) is 9.97 Å². The van der Waals surface area contributed by atoms with Gasteiger partial charge in [0.15, 0.2) is 5.82 Å². The third-order valence-electron chi connectivity index (χ3n) is 5.13. The molecule has 3 heterocycles. The molecule has 1 aliphatic rings. The molecule has 0 amide bonds.